The van der Waals surface area contributed by atoms with E-state index in [1.165, 1.54) is 5.01 Å². The summed E-state index contributed by atoms with van der Waals surface area (Å²) in [6, 6.07) is 36.2. The summed E-state index contributed by atoms with van der Waals surface area (Å²) in [4.78, 5) is 55.9. The molecule has 5 amide bonds. The maximum atomic E-state index is 14.5. The second kappa shape index (κ2) is 19.0. The number of carbonyl (C=O) groups is 4. The van der Waals surface area contributed by atoms with Crippen molar-refractivity contribution in [3.63, 3.8) is 0 Å². The molecule has 5 aromatic carbocycles. The van der Waals surface area contributed by atoms with E-state index in [1.807, 2.05) is 84.9 Å². The van der Waals surface area contributed by atoms with Crippen molar-refractivity contribution in [2.24, 2.45) is 0 Å². The van der Waals surface area contributed by atoms with E-state index in [0.29, 0.717) is 11.4 Å². The number of nitrogens with one attached hydrogen (secondary N) is 3. The van der Waals surface area contributed by atoms with Crippen LogP contribution in [0.4, 0.5) is 15.3 Å². The fourth-order valence-electron chi connectivity index (χ4n) is 6.49. The summed E-state index contributed by atoms with van der Waals surface area (Å²) in [5.74, 6) is 2.52. The molecule has 0 aromatic heterocycles. The lowest BCUT2D eigenvalue weighted by molar-refractivity contribution is -0.136. The SMILES string of the molecule is C#CCN(C(=O)NCc1ccc(OC)cc1)N1CCN(Cc2cccc3ccccc23)C(=O)[C@H](Cc2ccc(NC(=O)OCc3ccccc3)cc2)NC(=O)C1. The van der Waals surface area contributed by atoms with E-state index < -0.39 is 24.1 Å². The number of fused-ring (bicyclic) bond motifs is 1. The number of urea groups is 1. The van der Waals surface area contributed by atoms with Gasteiger partial charge in [-0.2, -0.15) is 0 Å². The standard InChI is InChI=1S/C44H44N6O6/c1-3-24-50(43(53)45-28-33-18-22-38(55-2)23-19-33)49-26-25-48(29-36-14-9-13-35-12-7-8-15-39(35)36)42(52)40(47-41(51)30-49)27-32-16-20-37(21-17-32)46-44(54)56-31-34-10-5-4-6-11-34/h1,4-23,40H,24-31H2,2H3,(H,45,53)(H,46,54)(H,47,51)/t40-/m0/s1. The highest BCUT2D eigenvalue weighted by molar-refractivity contribution is 5.90. The van der Waals surface area contributed by atoms with Gasteiger partial charge in [0, 0.05) is 38.3 Å². The number of terminal acetylenes is 1. The first kappa shape index (κ1) is 38.9. The van der Waals surface area contributed by atoms with Gasteiger partial charge in [0.2, 0.25) is 11.8 Å². The molecule has 1 saturated heterocycles. The minimum atomic E-state index is -0.919. The molecule has 0 saturated carbocycles. The van der Waals surface area contributed by atoms with E-state index in [9.17, 15) is 19.2 Å². The molecule has 56 heavy (non-hydrogen) atoms. The summed E-state index contributed by atoms with van der Waals surface area (Å²) in [5.41, 5.74) is 3.95. The Morgan fingerprint density at radius 1 is 0.857 bits per heavy atom. The van der Waals surface area contributed by atoms with Crippen LogP contribution in [-0.4, -0.2) is 78.2 Å². The molecule has 6 rings (SSSR count). The molecule has 5 aromatic rings. The molecule has 0 aliphatic carbocycles. The Balaban J connectivity index is 1.19. The van der Waals surface area contributed by atoms with Crippen LogP contribution in [0.5, 0.6) is 5.75 Å². The second-order valence-corrected chi connectivity index (χ2v) is 13.3. The van der Waals surface area contributed by atoms with Gasteiger partial charge in [0.25, 0.3) is 0 Å². The zero-order chi connectivity index (χ0) is 39.3. The number of hydrogen-bond donors (Lipinski definition) is 3. The maximum absolute atomic E-state index is 14.5. The van der Waals surface area contributed by atoms with Crippen LogP contribution in [-0.2, 0) is 40.4 Å². The number of nitrogens with zero attached hydrogens (tertiary/aromatic N) is 3. The molecular weight excluding hydrogens is 709 g/mol. The number of ether oxygens (including phenoxy) is 2. The summed E-state index contributed by atoms with van der Waals surface area (Å²) in [6.07, 6.45) is 5.32. The van der Waals surface area contributed by atoms with Crippen molar-refractivity contribution in [3.8, 4) is 18.1 Å². The molecule has 0 unspecified atom stereocenters. The monoisotopic (exact) mass is 752 g/mol. The van der Waals surface area contributed by atoms with Gasteiger partial charge in [-0.25, -0.2) is 19.6 Å². The van der Waals surface area contributed by atoms with Gasteiger partial charge >= 0.3 is 12.1 Å². The molecule has 1 fully saturated rings. The van der Waals surface area contributed by atoms with E-state index in [2.05, 4.69) is 21.9 Å². The lowest BCUT2D eigenvalue weighted by Gasteiger charge is -2.34. The summed E-state index contributed by atoms with van der Waals surface area (Å²) >= 11 is 0. The predicted molar refractivity (Wildman–Crippen MR) is 214 cm³/mol. The number of hydrazine groups is 1. The van der Waals surface area contributed by atoms with Crippen LogP contribution >= 0.6 is 0 Å². The molecule has 3 N–H and O–H groups in total. The fraction of sp³-hybridized carbons (Fsp3) is 0.227. The normalized spacial score (nSPS) is 14.7. The van der Waals surface area contributed by atoms with Crippen molar-refractivity contribution in [2.75, 3.05) is 38.6 Å². The van der Waals surface area contributed by atoms with Crippen LogP contribution in [0.2, 0.25) is 0 Å². The maximum Gasteiger partial charge on any atom is 0.411 e. The zero-order valence-corrected chi connectivity index (χ0v) is 31.1. The van der Waals surface area contributed by atoms with Gasteiger partial charge in [-0.1, -0.05) is 103 Å². The van der Waals surface area contributed by atoms with Crippen LogP contribution < -0.4 is 20.7 Å². The van der Waals surface area contributed by atoms with Crippen LogP contribution in [0.15, 0.2) is 121 Å². The molecule has 0 bridgehead atoms. The van der Waals surface area contributed by atoms with Crippen LogP contribution in [0, 0.1) is 12.3 Å². The molecule has 0 radical (unpaired) electrons. The molecule has 12 heteroatoms. The van der Waals surface area contributed by atoms with Crippen molar-refractivity contribution < 1.29 is 28.7 Å². The van der Waals surface area contributed by atoms with Gasteiger partial charge in [0.1, 0.15) is 18.4 Å². The number of hydrogen-bond acceptors (Lipinski definition) is 7. The van der Waals surface area contributed by atoms with Gasteiger partial charge < -0.3 is 25.0 Å². The number of methoxy groups -OCH3 is 1. The number of rotatable bonds is 12. The summed E-state index contributed by atoms with van der Waals surface area (Å²) in [5, 5.41) is 13.5. The van der Waals surface area contributed by atoms with Crippen LogP contribution in [0.1, 0.15) is 22.3 Å². The van der Waals surface area contributed by atoms with Crippen molar-refractivity contribution in [2.45, 2.75) is 32.2 Å². The molecule has 0 spiro atoms. The highest BCUT2D eigenvalue weighted by Gasteiger charge is 2.32. The van der Waals surface area contributed by atoms with E-state index in [1.54, 1.807) is 53.4 Å². The molecule has 1 aliphatic heterocycles. The summed E-state index contributed by atoms with van der Waals surface area (Å²) in [7, 11) is 1.58. The number of benzene rings is 5. The molecule has 12 nitrogen and oxygen atoms in total. The first-order valence-corrected chi connectivity index (χ1v) is 18.3. The third kappa shape index (κ3) is 10.4. The average molecular weight is 753 g/mol. The molecular formula is C44H44N6O6. The Hall–Kier alpha value is -6.84. The molecule has 1 heterocycles. The second-order valence-electron chi connectivity index (χ2n) is 13.3. The van der Waals surface area contributed by atoms with Gasteiger partial charge in [0.05, 0.1) is 20.2 Å². The van der Waals surface area contributed by atoms with Gasteiger partial charge in [-0.15, -0.1) is 6.42 Å². The van der Waals surface area contributed by atoms with Crippen molar-refractivity contribution in [1.29, 1.82) is 0 Å². The Labute approximate surface area is 326 Å². The van der Waals surface area contributed by atoms with E-state index in [-0.39, 0.29) is 58.2 Å². The third-order valence-electron chi connectivity index (χ3n) is 9.41. The Kier molecular flexibility index (Phi) is 13.2. The van der Waals surface area contributed by atoms with Crippen LogP contribution in [0.3, 0.4) is 0 Å². The van der Waals surface area contributed by atoms with Crippen molar-refractivity contribution >= 4 is 40.4 Å². The predicted octanol–water partition coefficient (Wildman–Crippen LogP) is 5.73. The quantitative estimate of drug-likeness (QED) is 0.139. The van der Waals surface area contributed by atoms with Gasteiger partial charge in [-0.05, 0) is 57.3 Å². The van der Waals surface area contributed by atoms with Gasteiger partial charge in [0.15, 0.2) is 0 Å². The minimum Gasteiger partial charge on any atom is -0.497 e. The highest BCUT2D eigenvalue weighted by Crippen LogP contribution is 2.22. The van der Waals surface area contributed by atoms with Crippen molar-refractivity contribution in [3.05, 3.63) is 144 Å². The van der Waals surface area contributed by atoms with Crippen LogP contribution in [0.25, 0.3) is 10.8 Å². The summed E-state index contributed by atoms with van der Waals surface area (Å²) in [6.45, 7) is 0.688. The summed E-state index contributed by atoms with van der Waals surface area (Å²) < 4.78 is 10.6. The molecule has 286 valence electrons. The smallest absolute Gasteiger partial charge is 0.411 e. The van der Waals surface area contributed by atoms with Gasteiger partial charge in [-0.3, -0.25) is 14.9 Å². The first-order valence-electron chi connectivity index (χ1n) is 18.3. The lowest BCUT2D eigenvalue weighted by atomic mass is 10.0. The first-order chi connectivity index (χ1) is 27.3. The highest BCUT2D eigenvalue weighted by atomic mass is 16.5. The minimum absolute atomic E-state index is 0.0946. The topological polar surface area (TPSA) is 133 Å². The Bertz CT molecular complexity index is 2170. The Morgan fingerprint density at radius 2 is 1.57 bits per heavy atom. The molecule has 1 aliphatic rings. The fourth-order valence-corrected chi connectivity index (χ4v) is 6.49. The number of amides is 5. The average Bonchev–Trinajstić information content (AvgIpc) is 3.27. The largest absolute Gasteiger partial charge is 0.497 e. The third-order valence-corrected chi connectivity index (χ3v) is 9.41. The Morgan fingerprint density at radius 3 is 2.32 bits per heavy atom. The lowest BCUT2D eigenvalue weighted by Crippen LogP contribution is -2.55. The number of anilines is 1. The molecule has 1 atom stereocenters. The van der Waals surface area contributed by atoms with E-state index in [4.69, 9.17) is 15.9 Å². The zero-order valence-electron chi connectivity index (χ0n) is 31.1. The van der Waals surface area contributed by atoms with E-state index >= 15 is 0 Å². The number of carbonyl (C=O) groups excluding carboxylic acids is 4. The van der Waals surface area contributed by atoms with Crippen molar-refractivity contribution in [1.82, 2.24) is 25.6 Å². The van der Waals surface area contributed by atoms with E-state index in [0.717, 1.165) is 33.0 Å².